The van der Waals surface area contributed by atoms with Gasteiger partial charge in [0.25, 0.3) is 5.91 Å². The fourth-order valence-corrected chi connectivity index (χ4v) is 3.16. The van der Waals surface area contributed by atoms with Crippen molar-refractivity contribution in [2.24, 2.45) is 0 Å². The number of amides is 1. The van der Waals surface area contributed by atoms with Gasteiger partial charge in [-0.3, -0.25) is 4.79 Å². The Kier molecular flexibility index (Phi) is 6.36. The highest BCUT2D eigenvalue weighted by Crippen LogP contribution is 2.24. The molecule has 0 spiro atoms. The Morgan fingerprint density at radius 3 is 2.48 bits per heavy atom. The molecular weight excluding hydrogens is 385 g/mol. The van der Waals surface area contributed by atoms with Crippen LogP contribution in [0.15, 0.2) is 48.0 Å². The van der Waals surface area contributed by atoms with Crippen LogP contribution in [-0.4, -0.2) is 32.2 Å². The summed E-state index contributed by atoms with van der Waals surface area (Å²) in [4.78, 5) is 14.6. The van der Waals surface area contributed by atoms with Gasteiger partial charge in [0, 0.05) is 34.5 Å². The Morgan fingerprint density at radius 1 is 1.15 bits per heavy atom. The zero-order valence-corrected chi connectivity index (χ0v) is 15.9. The van der Waals surface area contributed by atoms with Gasteiger partial charge in [-0.2, -0.15) is 5.26 Å². The molecule has 0 aliphatic carbocycles. The van der Waals surface area contributed by atoms with Crippen LogP contribution in [0.5, 0.6) is 0 Å². The fourth-order valence-electron chi connectivity index (χ4n) is 2.70. The minimum absolute atomic E-state index is 0.0449. The molecule has 3 rings (SSSR count). The Morgan fingerprint density at radius 2 is 1.85 bits per heavy atom. The average Bonchev–Trinajstić information content (AvgIpc) is 2.68. The molecule has 0 saturated carbocycles. The van der Waals surface area contributed by atoms with Crippen LogP contribution in [0, 0.1) is 11.3 Å². The molecule has 0 radical (unpaired) electrons. The van der Waals surface area contributed by atoms with Crippen LogP contribution in [0.4, 0.5) is 11.4 Å². The largest absolute Gasteiger partial charge is 0.378 e. The molecule has 0 bridgehead atoms. The summed E-state index contributed by atoms with van der Waals surface area (Å²) in [5.41, 5.74) is 2.19. The molecule has 1 N–H and O–H groups in total. The number of benzene rings is 2. The van der Waals surface area contributed by atoms with Crippen molar-refractivity contribution < 1.29 is 9.53 Å². The van der Waals surface area contributed by atoms with Crippen LogP contribution in [0.3, 0.4) is 0 Å². The van der Waals surface area contributed by atoms with Crippen molar-refractivity contribution in [3.8, 4) is 6.07 Å². The minimum Gasteiger partial charge on any atom is -0.378 e. The third-order valence-electron chi connectivity index (χ3n) is 4.13. The highest BCUT2D eigenvalue weighted by molar-refractivity contribution is 6.35. The molecule has 138 valence electrons. The topological polar surface area (TPSA) is 65.4 Å². The normalized spacial score (nSPS) is 14.6. The number of hydrogen-bond donors (Lipinski definition) is 1. The number of carbonyl (C=O) groups excluding carboxylic acids is 1. The number of nitriles is 1. The van der Waals surface area contributed by atoms with Gasteiger partial charge in [0.2, 0.25) is 0 Å². The van der Waals surface area contributed by atoms with Crippen molar-refractivity contribution in [2.75, 3.05) is 36.5 Å². The molecule has 2 aromatic carbocycles. The molecule has 1 aliphatic heterocycles. The van der Waals surface area contributed by atoms with Gasteiger partial charge in [0.05, 0.1) is 13.2 Å². The number of halogens is 2. The van der Waals surface area contributed by atoms with Gasteiger partial charge in [-0.05, 0) is 48.0 Å². The second kappa shape index (κ2) is 8.92. The van der Waals surface area contributed by atoms with Crippen LogP contribution < -0.4 is 10.2 Å². The molecule has 1 aliphatic rings. The van der Waals surface area contributed by atoms with Crippen molar-refractivity contribution in [1.82, 2.24) is 0 Å². The van der Waals surface area contributed by atoms with Gasteiger partial charge in [-0.15, -0.1) is 0 Å². The van der Waals surface area contributed by atoms with E-state index in [1.165, 1.54) is 6.08 Å². The van der Waals surface area contributed by atoms with E-state index in [2.05, 4.69) is 10.2 Å². The second-order valence-electron chi connectivity index (χ2n) is 5.94. The number of anilines is 2. The van der Waals surface area contributed by atoms with Gasteiger partial charge in [0.15, 0.2) is 0 Å². The van der Waals surface area contributed by atoms with Gasteiger partial charge in [0.1, 0.15) is 11.6 Å². The molecule has 1 heterocycles. The first-order valence-electron chi connectivity index (χ1n) is 8.38. The standard InChI is InChI=1S/C20H17Cl2N3O2/c21-16-2-1-14(19(22)12-16)11-15(13-23)20(26)24-17-3-5-18(6-4-17)25-7-9-27-10-8-25/h1-6,11-12H,7-10H2,(H,24,26). The van der Waals surface area contributed by atoms with E-state index in [1.807, 2.05) is 30.3 Å². The average molecular weight is 402 g/mol. The summed E-state index contributed by atoms with van der Waals surface area (Å²) in [5.74, 6) is -0.498. The van der Waals surface area contributed by atoms with Gasteiger partial charge >= 0.3 is 0 Å². The number of rotatable bonds is 4. The lowest BCUT2D eigenvalue weighted by Gasteiger charge is -2.28. The Hall–Kier alpha value is -2.52. The molecule has 5 nitrogen and oxygen atoms in total. The van der Waals surface area contributed by atoms with Crippen molar-refractivity contribution in [2.45, 2.75) is 0 Å². The number of ether oxygens (including phenoxy) is 1. The molecule has 1 amide bonds. The van der Waals surface area contributed by atoms with E-state index in [0.29, 0.717) is 34.5 Å². The summed E-state index contributed by atoms with van der Waals surface area (Å²) in [6.07, 6.45) is 1.44. The molecule has 1 saturated heterocycles. The van der Waals surface area contributed by atoms with Gasteiger partial charge in [-0.1, -0.05) is 29.3 Å². The van der Waals surface area contributed by atoms with Crippen molar-refractivity contribution in [3.05, 3.63) is 63.6 Å². The number of hydrogen-bond acceptors (Lipinski definition) is 4. The lowest BCUT2D eigenvalue weighted by Crippen LogP contribution is -2.36. The van der Waals surface area contributed by atoms with E-state index in [0.717, 1.165) is 18.8 Å². The van der Waals surface area contributed by atoms with E-state index in [-0.39, 0.29) is 5.57 Å². The van der Waals surface area contributed by atoms with Crippen molar-refractivity contribution in [3.63, 3.8) is 0 Å². The van der Waals surface area contributed by atoms with Crippen LogP contribution >= 0.6 is 23.2 Å². The molecule has 2 aromatic rings. The SMILES string of the molecule is N#CC(=Cc1ccc(Cl)cc1Cl)C(=O)Nc1ccc(N2CCOCC2)cc1. The van der Waals surface area contributed by atoms with E-state index < -0.39 is 5.91 Å². The molecule has 0 atom stereocenters. The fraction of sp³-hybridized carbons (Fsp3) is 0.200. The summed E-state index contributed by atoms with van der Waals surface area (Å²) in [6.45, 7) is 3.11. The summed E-state index contributed by atoms with van der Waals surface area (Å²) in [6, 6.07) is 14.3. The molecule has 0 aromatic heterocycles. The first-order valence-corrected chi connectivity index (χ1v) is 9.13. The third kappa shape index (κ3) is 5.01. The quantitative estimate of drug-likeness (QED) is 0.609. The number of carbonyl (C=O) groups is 1. The zero-order valence-electron chi connectivity index (χ0n) is 14.4. The molecule has 1 fully saturated rings. The third-order valence-corrected chi connectivity index (χ3v) is 4.69. The van der Waals surface area contributed by atoms with E-state index >= 15 is 0 Å². The summed E-state index contributed by atoms with van der Waals surface area (Å²) >= 11 is 12.0. The molecule has 7 heteroatoms. The number of nitrogens with one attached hydrogen (secondary N) is 1. The first-order chi connectivity index (χ1) is 13.1. The van der Waals surface area contributed by atoms with Gasteiger partial charge in [-0.25, -0.2) is 0 Å². The van der Waals surface area contributed by atoms with Crippen LogP contribution in [0.25, 0.3) is 6.08 Å². The van der Waals surface area contributed by atoms with Gasteiger partial charge < -0.3 is 15.0 Å². The smallest absolute Gasteiger partial charge is 0.266 e. The Balaban J connectivity index is 1.71. The zero-order chi connectivity index (χ0) is 19.2. The highest BCUT2D eigenvalue weighted by atomic mass is 35.5. The molecule has 0 unspecified atom stereocenters. The maximum Gasteiger partial charge on any atom is 0.266 e. The second-order valence-corrected chi connectivity index (χ2v) is 6.78. The van der Waals surface area contributed by atoms with E-state index in [9.17, 15) is 10.1 Å². The van der Waals surface area contributed by atoms with E-state index in [1.54, 1.807) is 18.2 Å². The predicted octanol–water partition coefficient (Wildman–Crippen LogP) is 4.38. The highest BCUT2D eigenvalue weighted by Gasteiger charge is 2.13. The molecule has 27 heavy (non-hydrogen) atoms. The molecular formula is C20H17Cl2N3O2. The first kappa shape index (κ1) is 19.2. The number of morpholine rings is 1. The van der Waals surface area contributed by atoms with Crippen molar-refractivity contribution >= 4 is 46.6 Å². The lowest BCUT2D eigenvalue weighted by atomic mass is 10.1. The van der Waals surface area contributed by atoms with Crippen LogP contribution in [0.2, 0.25) is 10.0 Å². The van der Waals surface area contributed by atoms with Crippen LogP contribution in [-0.2, 0) is 9.53 Å². The Bertz CT molecular complexity index is 898. The summed E-state index contributed by atoms with van der Waals surface area (Å²) < 4.78 is 5.35. The number of nitrogens with zero attached hydrogens (tertiary/aromatic N) is 2. The summed E-state index contributed by atoms with van der Waals surface area (Å²) in [5, 5.41) is 12.9. The van der Waals surface area contributed by atoms with Crippen LogP contribution in [0.1, 0.15) is 5.56 Å². The summed E-state index contributed by atoms with van der Waals surface area (Å²) in [7, 11) is 0. The lowest BCUT2D eigenvalue weighted by molar-refractivity contribution is -0.112. The monoisotopic (exact) mass is 401 g/mol. The van der Waals surface area contributed by atoms with E-state index in [4.69, 9.17) is 27.9 Å². The predicted molar refractivity (Wildman–Crippen MR) is 108 cm³/mol. The van der Waals surface area contributed by atoms with Crippen molar-refractivity contribution in [1.29, 1.82) is 5.26 Å². The maximum atomic E-state index is 12.4. The maximum absolute atomic E-state index is 12.4. The minimum atomic E-state index is -0.498. The Labute approximate surface area is 167 Å².